The van der Waals surface area contributed by atoms with E-state index < -0.39 is 5.60 Å². The van der Waals surface area contributed by atoms with Gasteiger partial charge in [0.15, 0.2) is 0 Å². The van der Waals surface area contributed by atoms with Crippen molar-refractivity contribution in [3.05, 3.63) is 23.8 Å². The predicted molar refractivity (Wildman–Crippen MR) is 119 cm³/mol. The van der Waals surface area contributed by atoms with Crippen molar-refractivity contribution in [3.63, 3.8) is 0 Å². The molecule has 0 amide bonds. The van der Waals surface area contributed by atoms with Crippen LogP contribution in [0.15, 0.2) is 23.8 Å². The molecule has 0 radical (unpaired) electrons. The lowest BCUT2D eigenvalue weighted by molar-refractivity contribution is -0.185. The second-order valence-electron chi connectivity index (χ2n) is 9.68. The van der Waals surface area contributed by atoms with E-state index in [0.717, 1.165) is 51.2 Å². The third-order valence-electron chi connectivity index (χ3n) is 8.89. The fourth-order valence-electron chi connectivity index (χ4n) is 7.72. The van der Waals surface area contributed by atoms with Crippen LogP contribution in [-0.4, -0.2) is 27.9 Å². The minimum absolute atomic E-state index is 0.00803. The number of allylic oxidation sites excluding steroid dienone is 2. The molecule has 6 atom stereocenters. The average Bonchev–Trinajstić information content (AvgIpc) is 3.22. The van der Waals surface area contributed by atoms with Crippen molar-refractivity contribution in [2.24, 2.45) is 28.6 Å². The van der Waals surface area contributed by atoms with Crippen molar-refractivity contribution in [1.29, 1.82) is 0 Å². The summed E-state index contributed by atoms with van der Waals surface area (Å²) in [4.78, 5) is 28.6. The van der Waals surface area contributed by atoms with Gasteiger partial charge in [-0.15, -0.1) is 0 Å². The summed E-state index contributed by atoms with van der Waals surface area (Å²) in [6, 6.07) is 0. The minimum atomic E-state index is -0.584. The van der Waals surface area contributed by atoms with Crippen LogP contribution in [0.25, 0.3) is 0 Å². The number of nitrogens with two attached hydrogens (primary N) is 1. The average molecular weight is 513 g/mol. The molecule has 1 aliphatic heterocycles. The normalized spacial score (nSPS) is 47.3. The first-order valence-electron chi connectivity index (χ1n) is 10.8. The number of aldehydes is 1. The molecule has 0 saturated heterocycles. The van der Waals surface area contributed by atoms with E-state index in [1.54, 1.807) is 6.08 Å². The maximum atomic E-state index is 12.1. The molecule has 4 aliphatic rings. The topological polar surface area (TPSA) is 78.6 Å². The molecule has 0 aromatic rings. The third-order valence-corrected chi connectivity index (χ3v) is 10.9. The van der Waals surface area contributed by atoms with Crippen LogP contribution in [0.3, 0.4) is 0 Å². The zero-order valence-electron chi connectivity index (χ0n) is 17.4. The number of esters is 1. The smallest absolute Gasteiger partial charge is 0.331 e. The molecule has 0 bridgehead atoms. The Bertz CT molecular complexity index is 766. The van der Waals surface area contributed by atoms with Crippen molar-refractivity contribution in [3.8, 4) is 0 Å². The number of rotatable bonds is 5. The molecular weight excluding hydrogens is 481 g/mol. The number of ether oxygens (including phenoxy) is 1. The highest BCUT2D eigenvalue weighted by Crippen LogP contribution is 2.72. The quantitative estimate of drug-likeness (QED) is 0.147. The van der Waals surface area contributed by atoms with Gasteiger partial charge in [0.1, 0.15) is 11.9 Å². The summed E-state index contributed by atoms with van der Waals surface area (Å²) in [5.74, 6) is 6.27. The summed E-state index contributed by atoms with van der Waals surface area (Å²) in [6.45, 7) is 4.98. The predicted octanol–water partition coefficient (Wildman–Crippen LogP) is 4.43. The molecule has 1 spiro atoms. The van der Waals surface area contributed by atoms with Crippen molar-refractivity contribution in [1.82, 2.24) is 0 Å². The van der Waals surface area contributed by atoms with Crippen LogP contribution < -0.4 is 5.90 Å². The molecule has 6 heteroatoms. The SMILES string of the molecule is C/C=C1/CCC2(C)C(CCC3(CON)C2CC[C@@]32C=CC(=O)O2)C1(I)CCC=O. The Kier molecular flexibility index (Phi) is 5.52. The summed E-state index contributed by atoms with van der Waals surface area (Å²) in [6.07, 6.45) is 14.4. The molecule has 5 nitrogen and oxygen atoms in total. The lowest BCUT2D eigenvalue weighted by Crippen LogP contribution is -2.62. The molecule has 3 fully saturated rings. The number of carbonyl (C=O) groups excluding carboxylic acids is 2. The van der Waals surface area contributed by atoms with Gasteiger partial charge in [-0.1, -0.05) is 41.2 Å². The second kappa shape index (κ2) is 7.45. The number of hydrogen-bond acceptors (Lipinski definition) is 5. The summed E-state index contributed by atoms with van der Waals surface area (Å²) in [7, 11) is 0. The number of halogens is 1. The Balaban J connectivity index is 1.77. The molecule has 29 heavy (non-hydrogen) atoms. The van der Waals surface area contributed by atoms with Crippen molar-refractivity contribution in [2.75, 3.05) is 6.61 Å². The molecular formula is C23H32INO4. The van der Waals surface area contributed by atoms with E-state index >= 15 is 0 Å². The van der Waals surface area contributed by atoms with Gasteiger partial charge in [-0.2, -0.15) is 0 Å². The van der Waals surface area contributed by atoms with E-state index in [1.165, 1.54) is 5.57 Å². The van der Waals surface area contributed by atoms with Crippen LogP contribution in [0.2, 0.25) is 0 Å². The van der Waals surface area contributed by atoms with Gasteiger partial charge in [-0.25, -0.2) is 10.7 Å². The van der Waals surface area contributed by atoms with Crippen LogP contribution >= 0.6 is 22.6 Å². The van der Waals surface area contributed by atoms with E-state index in [4.69, 9.17) is 15.5 Å². The van der Waals surface area contributed by atoms with E-state index in [2.05, 4.69) is 42.5 Å². The van der Waals surface area contributed by atoms with Crippen LogP contribution in [0.5, 0.6) is 0 Å². The number of fused-ring (bicyclic) bond motifs is 4. The molecule has 3 aliphatic carbocycles. The maximum Gasteiger partial charge on any atom is 0.331 e. The zero-order valence-corrected chi connectivity index (χ0v) is 19.6. The fourth-order valence-corrected chi connectivity index (χ4v) is 9.63. The molecule has 1 heterocycles. The van der Waals surface area contributed by atoms with Gasteiger partial charge < -0.3 is 14.4 Å². The lowest BCUT2D eigenvalue weighted by atomic mass is 9.44. The van der Waals surface area contributed by atoms with Gasteiger partial charge in [0.05, 0.1) is 6.61 Å². The lowest BCUT2D eigenvalue weighted by Gasteiger charge is -2.63. The number of hydrogen-bond donors (Lipinski definition) is 1. The summed E-state index contributed by atoms with van der Waals surface area (Å²) >= 11 is 2.66. The number of alkyl halides is 1. The highest BCUT2D eigenvalue weighted by atomic mass is 127. The first-order chi connectivity index (χ1) is 13.8. The first-order valence-corrected chi connectivity index (χ1v) is 11.9. The highest BCUT2D eigenvalue weighted by molar-refractivity contribution is 14.1. The fraction of sp³-hybridized carbons (Fsp3) is 0.739. The molecule has 4 rings (SSSR count). The standard InChI is InChI=1S/C23H32INO4/c1-3-16-5-10-20(2)17-7-12-22(13-8-19(27)29-22)21(17,15-28-25)11-6-18(20)23(16,24)9-4-14-26/h3,8,13-14,17-18H,4-7,9-12,15,25H2,1-2H3/b16-3-/t17?,18?,20?,21?,22-,23?/m1/s1. The summed E-state index contributed by atoms with van der Waals surface area (Å²) < 4.78 is 5.98. The van der Waals surface area contributed by atoms with Gasteiger partial charge in [-0.05, 0) is 75.2 Å². The van der Waals surface area contributed by atoms with Crippen molar-refractivity contribution >= 4 is 34.8 Å². The molecule has 0 aromatic heterocycles. The van der Waals surface area contributed by atoms with Crippen molar-refractivity contribution in [2.45, 2.75) is 74.2 Å². The summed E-state index contributed by atoms with van der Waals surface area (Å²) in [5, 5.41) is 0. The zero-order chi connectivity index (χ0) is 20.9. The van der Waals surface area contributed by atoms with Crippen LogP contribution in [0.1, 0.15) is 65.2 Å². The first kappa shape index (κ1) is 21.5. The third kappa shape index (κ3) is 2.84. The highest BCUT2D eigenvalue weighted by Gasteiger charge is 2.71. The number of carbonyl (C=O) groups is 2. The van der Waals surface area contributed by atoms with Gasteiger partial charge in [0, 0.05) is 21.3 Å². The van der Waals surface area contributed by atoms with E-state index in [0.29, 0.717) is 24.9 Å². The van der Waals surface area contributed by atoms with E-state index in [-0.39, 0.29) is 20.2 Å². The molecule has 160 valence electrons. The van der Waals surface area contributed by atoms with Crippen molar-refractivity contribution < 1.29 is 19.2 Å². The van der Waals surface area contributed by atoms with Crippen LogP contribution in [-0.2, 0) is 19.2 Å². The Morgan fingerprint density at radius 3 is 2.69 bits per heavy atom. The van der Waals surface area contributed by atoms with Crippen LogP contribution in [0.4, 0.5) is 0 Å². The Morgan fingerprint density at radius 2 is 2.07 bits per heavy atom. The van der Waals surface area contributed by atoms with Crippen LogP contribution in [0, 0.1) is 22.7 Å². The molecule has 5 unspecified atom stereocenters. The van der Waals surface area contributed by atoms with Gasteiger partial charge in [0.2, 0.25) is 0 Å². The molecule has 3 saturated carbocycles. The maximum absolute atomic E-state index is 12.1. The second-order valence-corrected chi connectivity index (χ2v) is 11.6. The summed E-state index contributed by atoms with van der Waals surface area (Å²) in [5.41, 5.74) is 0.731. The Hall–Kier alpha value is -0.730. The van der Waals surface area contributed by atoms with Gasteiger partial charge >= 0.3 is 5.97 Å². The monoisotopic (exact) mass is 513 g/mol. The van der Waals surface area contributed by atoms with Gasteiger partial charge in [0.25, 0.3) is 0 Å². The Morgan fingerprint density at radius 1 is 1.31 bits per heavy atom. The van der Waals surface area contributed by atoms with Gasteiger partial charge in [-0.3, -0.25) is 0 Å². The molecule has 0 aromatic carbocycles. The largest absolute Gasteiger partial charge is 0.451 e. The molecule has 2 N–H and O–H groups in total. The minimum Gasteiger partial charge on any atom is -0.451 e. The Labute approximate surface area is 186 Å². The van der Waals surface area contributed by atoms with E-state index in [9.17, 15) is 9.59 Å². The van der Waals surface area contributed by atoms with E-state index in [1.807, 2.05) is 6.08 Å².